The van der Waals surface area contributed by atoms with Crippen molar-refractivity contribution < 1.29 is 4.39 Å². The van der Waals surface area contributed by atoms with Crippen LogP contribution < -0.4 is 10.6 Å². The Labute approximate surface area is 175 Å². The third-order valence-electron chi connectivity index (χ3n) is 4.28. The number of aryl methyl sites for hydroxylation is 2. The first-order chi connectivity index (χ1) is 12.1. The Morgan fingerprint density at radius 2 is 1.92 bits per heavy atom. The summed E-state index contributed by atoms with van der Waals surface area (Å²) in [5.74, 6) is 0.417. The van der Waals surface area contributed by atoms with Crippen molar-refractivity contribution in [2.24, 2.45) is 10.7 Å². The first-order valence-corrected chi connectivity index (χ1v) is 9.46. The van der Waals surface area contributed by atoms with E-state index < -0.39 is 0 Å². The highest BCUT2D eigenvalue weighted by molar-refractivity contribution is 14.0. The van der Waals surface area contributed by atoms with Gasteiger partial charge in [0.25, 0.3) is 0 Å². The van der Waals surface area contributed by atoms with Crippen LogP contribution in [0.3, 0.4) is 0 Å². The molecule has 3 rings (SSSR count). The Bertz CT molecular complexity index is 711. The van der Waals surface area contributed by atoms with E-state index in [1.807, 2.05) is 19.1 Å². The van der Waals surface area contributed by atoms with Crippen LogP contribution in [0.4, 0.5) is 10.1 Å². The summed E-state index contributed by atoms with van der Waals surface area (Å²) in [6, 6.07) is 6.65. The number of piperazine rings is 1. The van der Waals surface area contributed by atoms with Gasteiger partial charge in [-0.3, -0.25) is 4.99 Å². The largest absolute Gasteiger partial charge is 0.370 e. The maximum Gasteiger partial charge on any atom is 0.191 e. The predicted octanol–water partition coefficient (Wildman–Crippen LogP) is 3.28. The minimum absolute atomic E-state index is 0. The summed E-state index contributed by atoms with van der Waals surface area (Å²) >= 11 is 1.71. The van der Waals surface area contributed by atoms with E-state index in [4.69, 9.17) is 5.73 Å². The molecule has 2 aromatic rings. The molecule has 26 heavy (non-hydrogen) atoms. The fourth-order valence-electron chi connectivity index (χ4n) is 2.89. The third-order valence-corrected chi connectivity index (χ3v) is 5.31. The Hall–Kier alpha value is -1.42. The number of guanidine groups is 1. The van der Waals surface area contributed by atoms with E-state index >= 15 is 0 Å². The van der Waals surface area contributed by atoms with Crippen LogP contribution in [0.25, 0.3) is 0 Å². The molecule has 0 spiro atoms. The van der Waals surface area contributed by atoms with Gasteiger partial charge in [-0.2, -0.15) is 0 Å². The molecule has 1 aromatic carbocycles. The van der Waals surface area contributed by atoms with Gasteiger partial charge in [-0.25, -0.2) is 9.37 Å². The van der Waals surface area contributed by atoms with Crippen LogP contribution in [-0.2, 0) is 6.42 Å². The van der Waals surface area contributed by atoms with Crippen molar-refractivity contribution in [1.29, 1.82) is 0 Å². The summed E-state index contributed by atoms with van der Waals surface area (Å²) in [5, 5.41) is 3.24. The standard InChI is InChI=1S/C18H24FN5S.HI/c1-14-13-25-17(22-14)3-2-8-21-18(20)24-11-9-23(10-12-24)16-6-4-15(19)5-7-16;/h4-7,13H,2-3,8-12H2,1H3,(H2,20,21);1H. The maximum absolute atomic E-state index is 13.0. The van der Waals surface area contributed by atoms with E-state index in [2.05, 4.69) is 25.2 Å². The minimum atomic E-state index is -0.202. The van der Waals surface area contributed by atoms with E-state index in [1.54, 1.807) is 11.3 Å². The molecule has 0 radical (unpaired) electrons. The molecule has 0 atom stereocenters. The zero-order valence-electron chi connectivity index (χ0n) is 14.9. The number of rotatable bonds is 5. The van der Waals surface area contributed by atoms with Gasteiger partial charge in [0.15, 0.2) is 5.96 Å². The van der Waals surface area contributed by atoms with Gasteiger partial charge in [0.05, 0.1) is 5.01 Å². The zero-order chi connectivity index (χ0) is 17.6. The zero-order valence-corrected chi connectivity index (χ0v) is 18.0. The number of aromatic nitrogens is 1. The van der Waals surface area contributed by atoms with Gasteiger partial charge >= 0.3 is 0 Å². The lowest BCUT2D eigenvalue weighted by Gasteiger charge is -2.36. The van der Waals surface area contributed by atoms with Crippen molar-refractivity contribution in [3.05, 3.63) is 46.2 Å². The van der Waals surface area contributed by atoms with Crippen LogP contribution in [-0.4, -0.2) is 48.6 Å². The van der Waals surface area contributed by atoms with E-state index in [0.717, 1.165) is 56.9 Å². The molecule has 0 aliphatic carbocycles. The van der Waals surface area contributed by atoms with Crippen LogP contribution in [0.15, 0.2) is 34.6 Å². The molecule has 8 heteroatoms. The van der Waals surface area contributed by atoms with Crippen molar-refractivity contribution in [2.75, 3.05) is 37.6 Å². The lowest BCUT2D eigenvalue weighted by atomic mass is 10.2. The Morgan fingerprint density at radius 1 is 1.23 bits per heavy atom. The average Bonchev–Trinajstić information content (AvgIpc) is 3.05. The molecule has 0 saturated carbocycles. The smallest absolute Gasteiger partial charge is 0.191 e. The molecule has 1 aliphatic heterocycles. The lowest BCUT2D eigenvalue weighted by molar-refractivity contribution is 0.380. The van der Waals surface area contributed by atoms with Crippen LogP contribution in [0.5, 0.6) is 0 Å². The number of halogens is 2. The average molecular weight is 489 g/mol. The summed E-state index contributed by atoms with van der Waals surface area (Å²) in [7, 11) is 0. The van der Waals surface area contributed by atoms with Gasteiger partial charge < -0.3 is 15.5 Å². The number of nitrogens with two attached hydrogens (primary N) is 1. The fraction of sp³-hybridized carbons (Fsp3) is 0.444. The highest BCUT2D eigenvalue weighted by Gasteiger charge is 2.18. The molecule has 2 heterocycles. The van der Waals surface area contributed by atoms with Gasteiger partial charge in [0.1, 0.15) is 5.82 Å². The van der Waals surface area contributed by atoms with Crippen molar-refractivity contribution >= 4 is 47.0 Å². The van der Waals surface area contributed by atoms with Crippen LogP contribution in [0.2, 0.25) is 0 Å². The van der Waals surface area contributed by atoms with Gasteiger partial charge in [-0.1, -0.05) is 0 Å². The molecule has 5 nitrogen and oxygen atoms in total. The van der Waals surface area contributed by atoms with Crippen LogP contribution in [0, 0.1) is 12.7 Å². The Kier molecular flexibility index (Phi) is 8.08. The number of anilines is 1. The number of nitrogens with zero attached hydrogens (tertiary/aromatic N) is 4. The second kappa shape index (κ2) is 10.1. The quantitative estimate of drug-likeness (QED) is 0.303. The summed E-state index contributed by atoms with van der Waals surface area (Å²) < 4.78 is 13.0. The number of benzene rings is 1. The highest BCUT2D eigenvalue weighted by Crippen LogP contribution is 2.17. The van der Waals surface area contributed by atoms with Gasteiger partial charge in [0, 0.05) is 55.9 Å². The summed E-state index contributed by atoms with van der Waals surface area (Å²) in [6.07, 6.45) is 1.91. The van der Waals surface area contributed by atoms with E-state index in [-0.39, 0.29) is 29.8 Å². The molecule has 1 aliphatic rings. The van der Waals surface area contributed by atoms with Crippen molar-refractivity contribution in [2.45, 2.75) is 19.8 Å². The fourth-order valence-corrected chi connectivity index (χ4v) is 3.71. The number of hydrogen-bond acceptors (Lipinski definition) is 4. The summed E-state index contributed by atoms with van der Waals surface area (Å²) in [6.45, 7) is 6.13. The molecule has 0 amide bonds. The molecule has 1 saturated heterocycles. The van der Waals surface area contributed by atoms with E-state index in [1.165, 1.54) is 17.1 Å². The highest BCUT2D eigenvalue weighted by atomic mass is 127. The number of hydrogen-bond donors (Lipinski definition) is 1. The second-order valence-electron chi connectivity index (χ2n) is 6.18. The van der Waals surface area contributed by atoms with Gasteiger partial charge in [-0.05, 0) is 37.6 Å². The number of thiazole rings is 1. The lowest BCUT2D eigenvalue weighted by Crippen LogP contribution is -2.51. The molecule has 0 unspecified atom stereocenters. The van der Waals surface area contributed by atoms with E-state index in [9.17, 15) is 4.39 Å². The minimum Gasteiger partial charge on any atom is -0.370 e. The maximum atomic E-state index is 13.0. The molecule has 2 N–H and O–H groups in total. The van der Waals surface area contributed by atoms with Gasteiger partial charge in [-0.15, -0.1) is 35.3 Å². The van der Waals surface area contributed by atoms with E-state index in [0.29, 0.717) is 5.96 Å². The SMILES string of the molecule is Cc1csc(CCCN=C(N)N2CCN(c3ccc(F)cc3)CC2)n1.I. The predicted molar refractivity (Wildman–Crippen MR) is 117 cm³/mol. The molecular weight excluding hydrogens is 464 g/mol. The monoisotopic (exact) mass is 489 g/mol. The van der Waals surface area contributed by atoms with Crippen molar-refractivity contribution in [3.8, 4) is 0 Å². The molecule has 0 bridgehead atoms. The summed E-state index contributed by atoms with van der Waals surface area (Å²) in [5.41, 5.74) is 8.27. The second-order valence-corrected chi connectivity index (χ2v) is 7.12. The Morgan fingerprint density at radius 3 is 2.54 bits per heavy atom. The van der Waals surface area contributed by atoms with Crippen LogP contribution in [0.1, 0.15) is 17.1 Å². The van der Waals surface area contributed by atoms with Crippen molar-refractivity contribution in [1.82, 2.24) is 9.88 Å². The Balaban J connectivity index is 0.00000243. The van der Waals surface area contributed by atoms with Gasteiger partial charge in [0.2, 0.25) is 0 Å². The van der Waals surface area contributed by atoms with Crippen molar-refractivity contribution in [3.63, 3.8) is 0 Å². The molecule has 1 fully saturated rings. The first kappa shape index (κ1) is 20.9. The molecule has 1 aromatic heterocycles. The number of aliphatic imine (C=N–C) groups is 1. The molecule has 142 valence electrons. The summed E-state index contributed by atoms with van der Waals surface area (Å²) in [4.78, 5) is 13.3. The van der Waals surface area contributed by atoms with Crippen LogP contribution >= 0.6 is 35.3 Å². The third kappa shape index (κ3) is 5.80. The topological polar surface area (TPSA) is 57.8 Å². The normalized spacial score (nSPS) is 15.1. The molecular formula is C18H25FIN5S. The first-order valence-electron chi connectivity index (χ1n) is 8.58.